The Morgan fingerprint density at radius 1 is 1.10 bits per heavy atom. The molecule has 0 aliphatic rings. The van der Waals surface area contributed by atoms with Gasteiger partial charge >= 0.3 is 0 Å². The fraction of sp³-hybridized carbons (Fsp3) is 0.250. The maximum absolute atomic E-state index is 6.15. The summed E-state index contributed by atoms with van der Waals surface area (Å²) in [6, 6.07) is 13.7. The number of hydrogen-bond acceptors (Lipinski definition) is 2. The van der Waals surface area contributed by atoms with Crippen LogP contribution < -0.4 is 10.1 Å². The monoisotopic (exact) mass is 309 g/mol. The zero-order valence-corrected chi connectivity index (χ0v) is 13.0. The summed E-state index contributed by atoms with van der Waals surface area (Å²) in [7, 11) is 1.66. The molecule has 0 bridgehead atoms. The fourth-order valence-corrected chi connectivity index (χ4v) is 2.33. The van der Waals surface area contributed by atoms with Crippen molar-refractivity contribution in [2.24, 2.45) is 0 Å². The van der Waals surface area contributed by atoms with E-state index in [9.17, 15) is 0 Å². The molecule has 0 aliphatic heterocycles. The number of benzene rings is 2. The van der Waals surface area contributed by atoms with Gasteiger partial charge in [0.15, 0.2) is 0 Å². The average Bonchev–Trinajstić information content (AvgIpc) is 2.48. The Kier molecular flexibility index (Phi) is 5.30. The molecule has 2 aromatic carbocycles. The van der Waals surface area contributed by atoms with Crippen LogP contribution in [0.25, 0.3) is 0 Å². The van der Waals surface area contributed by atoms with Gasteiger partial charge in [0, 0.05) is 22.6 Å². The smallest absolute Gasteiger partial charge is 0.118 e. The minimum Gasteiger partial charge on any atom is -0.497 e. The molecular formula is C16H17Cl2NO. The van der Waals surface area contributed by atoms with Crippen LogP contribution in [0.3, 0.4) is 0 Å². The molecule has 0 aliphatic carbocycles. The summed E-state index contributed by atoms with van der Waals surface area (Å²) in [4.78, 5) is 0. The first-order chi connectivity index (χ1) is 9.60. The molecule has 0 radical (unpaired) electrons. The normalized spacial score (nSPS) is 12.2. The molecule has 2 nitrogen and oxygen atoms in total. The second-order valence-electron chi connectivity index (χ2n) is 4.61. The molecule has 2 aromatic rings. The maximum atomic E-state index is 6.15. The largest absolute Gasteiger partial charge is 0.497 e. The van der Waals surface area contributed by atoms with Crippen LogP contribution in [0.5, 0.6) is 5.75 Å². The Morgan fingerprint density at radius 2 is 1.80 bits per heavy atom. The average molecular weight is 310 g/mol. The molecule has 0 amide bonds. The van der Waals surface area contributed by atoms with Crippen molar-refractivity contribution in [2.75, 3.05) is 7.11 Å². The van der Waals surface area contributed by atoms with Gasteiger partial charge in [-0.2, -0.15) is 0 Å². The van der Waals surface area contributed by atoms with Gasteiger partial charge in [-0.1, -0.05) is 35.3 Å². The molecule has 20 heavy (non-hydrogen) atoms. The molecule has 0 saturated carbocycles. The molecule has 0 fully saturated rings. The van der Waals surface area contributed by atoms with Gasteiger partial charge in [0.2, 0.25) is 0 Å². The third-order valence-electron chi connectivity index (χ3n) is 3.22. The van der Waals surface area contributed by atoms with Gasteiger partial charge in [-0.25, -0.2) is 0 Å². The molecule has 4 heteroatoms. The van der Waals surface area contributed by atoms with Crippen molar-refractivity contribution in [1.29, 1.82) is 0 Å². The molecule has 2 rings (SSSR count). The number of halogens is 2. The van der Waals surface area contributed by atoms with Gasteiger partial charge < -0.3 is 10.1 Å². The minimum absolute atomic E-state index is 0.218. The summed E-state index contributed by atoms with van der Waals surface area (Å²) in [6.07, 6.45) is 0. The van der Waals surface area contributed by atoms with Crippen LogP contribution in [0.15, 0.2) is 42.5 Å². The Bertz CT molecular complexity index is 569. The molecule has 1 atom stereocenters. The van der Waals surface area contributed by atoms with E-state index in [0.29, 0.717) is 11.6 Å². The lowest BCUT2D eigenvalue weighted by atomic mass is 10.1. The number of ether oxygens (including phenoxy) is 1. The van der Waals surface area contributed by atoms with Crippen LogP contribution in [0, 0.1) is 0 Å². The summed E-state index contributed by atoms with van der Waals surface area (Å²) in [5, 5.41) is 4.86. The summed E-state index contributed by atoms with van der Waals surface area (Å²) >= 11 is 12.1. The van der Waals surface area contributed by atoms with E-state index in [1.54, 1.807) is 13.2 Å². The number of hydrogen-bond donors (Lipinski definition) is 1. The number of rotatable bonds is 5. The maximum Gasteiger partial charge on any atom is 0.118 e. The van der Waals surface area contributed by atoms with Crippen LogP contribution in [-0.2, 0) is 6.54 Å². The van der Waals surface area contributed by atoms with Gasteiger partial charge in [-0.05, 0) is 48.4 Å². The lowest BCUT2D eigenvalue weighted by molar-refractivity contribution is 0.414. The predicted molar refractivity (Wildman–Crippen MR) is 84.7 cm³/mol. The summed E-state index contributed by atoms with van der Waals surface area (Å²) in [5.74, 6) is 0.860. The van der Waals surface area contributed by atoms with Crippen molar-refractivity contribution >= 4 is 23.2 Å². The molecule has 0 saturated heterocycles. The van der Waals surface area contributed by atoms with Crippen molar-refractivity contribution in [3.8, 4) is 5.75 Å². The molecule has 0 heterocycles. The molecule has 0 spiro atoms. The van der Waals surface area contributed by atoms with E-state index >= 15 is 0 Å². The Balaban J connectivity index is 2.00. The van der Waals surface area contributed by atoms with Crippen molar-refractivity contribution in [1.82, 2.24) is 5.32 Å². The van der Waals surface area contributed by atoms with Crippen molar-refractivity contribution in [3.05, 3.63) is 63.6 Å². The van der Waals surface area contributed by atoms with Crippen LogP contribution in [0.2, 0.25) is 10.0 Å². The molecule has 106 valence electrons. The second-order valence-corrected chi connectivity index (χ2v) is 5.46. The highest BCUT2D eigenvalue weighted by atomic mass is 35.5. The SMILES string of the molecule is COc1ccc(C(C)NCc2cc(Cl)ccc2Cl)cc1. The summed E-state index contributed by atoms with van der Waals surface area (Å²) < 4.78 is 5.15. The third kappa shape index (κ3) is 3.89. The summed E-state index contributed by atoms with van der Waals surface area (Å²) in [6.45, 7) is 2.78. The van der Waals surface area contributed by atoms with Gasteiger partial charge in [0.05, 0.1) is 7.11 Å². The highest BCUT2D eigenvalue weighted by Crippen LogP contribution is 2.22. The van der Waals surface area contributed by atoms with E-state index in [-0.39, 0.29) is 6.04 Å². The first-order valence-corrected chi connectivity index (χ1v) is 7.17. The first kappa shape index (κ1) is 15.2. The van der Waals surface area contributed by atoms with E-state index < -0.39 is 0 Å². The lowest BCUT2D eigenvalue weighted by Gasteiger charge is -2.15. The quantitative estimate of drug-likeness (QED) is 0.852. The van der Waals surface area contributed by atoms with E-state index in [2.05, 4.69) is 24.4 Å². The number of nitrogens with one attached hydrogen (secondary N) is 1. The Morgan fingerprint density at radius 3 is 2.45 bits per heavy atom. The zero-order chi connectivity index (χ0) is 14.5. The van der Waals surface area contributed by atoms with Crippen molar-refractivity contribution in [2.45, 2.75) is 19.5 Å². The molecule has 0 aromatic heterocycles. The summed E-state index contributed by atoms with van der Waals surface area (Å²) in [5.41, 5.74) is 2.20. The molecule has 1 unspecified atom stereocenters. The topological polar surface area (TPSA) is 21.3 Å². The van der Waals surface area contributed by atoms with E-state index in [4.69, 9.17) is 27.9 Å². The van der Waals surface area contributed by atoms with Gasteiger partial charge in [0.25, 0.3) is 0 Å². The predicted octanol–water partition coefficient (Wildman–Crippen LogP) is 4.85. The zero-order valence-electron chi connectivity index (χ0n) is 11.5. The van der Waals surface area contributed by atoms with Crippen molar-refractivity contribution < 1.29 is 4.74 Å². The van der Waals surface area contributed by atoms with Crippen LogP contribution >= 0.6 is 23.2 Å². The van der Waals surface area contributed by atoms with E-state index in [1.807, 2.05) is 24.3 Å². The van der Waals surface area contributed by atoms with Gasteiger partial charge in [0.1, 0.15) is 5.75 Å². The fourth-order valence-electron chi connectivity index (χ4n) is 1.95. The van der Waals surface area contributed by atoms with Crippen LogP contribution in [-0.4, -0.2) is 7.11 Å². The second kappa shape index (κ2) is 6.98. The van der Waals surface area contributed by atoms with Gasteiger partial charge in [-0.3, -0.25) is 0 Å². The Hall–Kier alpha value is -1.22. The van der Waals surface area contributed by atoms with Crippen LogP contribution in [0.4, 0.5) is 0 Å². The van der Waals surface area contributed by atoms with E-state index in [1.165, 1.54) is 5.56 Å². The van der Waals surface area contributed by atoms with E-state index in [0.717, 1.165) is 16.3 Å². The lowest BCUT2D eigenvalue weighted by Crippen LogP contribution is -2.18. The highest BCUT2D eigenvalue weighted by molar-refractivity contribution is 6.33. The van der Waals surface area contributed by atoms with Crippen molar-refractivity contribution in [3.63, 3.8) is 0 Å². The molecular weight excluding hydrogens is 293 g/mol. The highest BCUT2D eigenvalue weighted by Gasteiger charge is 2.07. The molecule has 1 N–H and O–H groups in total. The minimum atomic E-state index is 0.218. The van der Waals surface area contributed by atoms with Gasteiger partial charge in [-0.15, -0.1) is 0 Å². The standard InChI is InChI=1S/C16H17Cl2NO/c1-11(12-3-6-15(20-2)7-4-12)19-10-13-9-14(17)5-8-16(13)18/h3-9,11,19H,10H2,1-2H3. The first-order valence-electron chi connectivity index (χ1n) is 6.41. The van der Waals surface area contributed by atoms with Crippen LogP contribution in [0.1, 0.15) is 24.1 Å². The number of methoxy groups -OCH3 is 1. The Labute approximate surface area is 129 Å². The third-order valence-corrected chi connectivity index (χ3v) is 3.83.